The van der Waals surface area contributed by atoms with Crippen molar-refractivity contribution in [3.8, 4) is 5.75 Å². The largest absolute Gasteiger partial charge is 0.497 e. The molecule has 1 aromatic carbocycles. The number of benzene rings is 1. The number of aliphatic carboxylic acids is 1. The SMILES string of the molecule is COc1ccc(C2(CC(=O)O)N=NN=N2)cc1. The zero-order valence-corrected chi connectivity index (χ0v) is 9.07. The maximum absolute atomic E-state index is 10.8. The van der Waals surface area contributed by atoms with Gasteiger partial charge in [0.25, 0.3) is 0 Å². The second kappa shape index (κ2) is 4.28. The fourth-order valence-electron chi connectivity index (χ4n) is 1.57. The Morgan fingerprint density at radius 3 is 2.35 bits per heavy atom. The van der Waals surface area contributed by atoms with E-state index in [2.05, 4.69) is 20.7 Å². The lowest BCUT2D eigenvalue weighted by Gasteiger charge is -2.17. The molecule has 0 aromatic heterocycles. The number of carboxylic acids is 1. The minimum atomic E-state index is -1.24. The van der Waals surface area contributed by atoms with Crippen LogP contribution in [0.25, 0.3) is 0 Å². The third kappa shape index (κ3) is 2.12. The Morgan fingerprint density at radius 2 is 1.88 bits per heavy atom. The van der Waals surface area contributed by atoms with Crippen LogP contribution in [0, 0.1) is 0 Å². The number of ether oxygens (including phenoxy) is 1. The lowest BCUT2D eigenvalue weighted by atomic mass is 9.97. The van der Waals surface area contributed by atoms with E-state index in [1.165, 1.54) is 0 Å². The molecule has 17 heavy (non-hydrogen) atoms. The molecular weight excluding hydrogens is 224 g/mol. The summed E-state index contributed by atoms with van der Waals surface area (Å²) in [5.41, 5.74) is -0.622. The molecule has 0 amide bonds. The van der Waals surface area contributed by atoms with E-state index in [1.54, 1.807) is 31.4 Å². The fourth-order valence-corrected chi connectivity index (χ4v) is 1.57. The third-order valence-electron chi connectivity index (χ3n) is 2.41. The topological polar surface area (TPSA) is 96.0 Å². The summed E-state index contributed by atoms with van der Waals surface area (Å²) in [5, 5.41) is 23.3. The lowest BCUT2D eigenvalue weighted by Crippen LogP contribution is -2.22. The molecule has 0 fully saturated rings. The van der Waals surface area contributed by atoms with E-state index in [0.717, 1.165) is 0 Å². The molecule has 0 unspecified atom stereocenters. The highest BCUT2D eigenvalue weighted by Gasteiger charge is 2.38. The molecule has 2 rings (SSSR count). The lowest BCUT2D eigenvalue weighted by molar-refractivity contribution is -0.138. The van der Waals surface area contributed by atoms with Crippen LogP contribution in [-0.4, -0.2) is 18.2 Å². The average molecular weight is 234 g/mol. The summed E-state index contributed by atoms with van der Waals surface area (Å²) in [5.74, 6) is -0.341. The van der Waals surface area contributed by atoms with Crippen LogP contribution in [0.4, 0.5) is 0 Å². The Labute approximate surface area is 96.8 Å². The van der Waals surface area contributed by atoms with Crippen molar-refractivity contribution in [1.82, 2.24) is 0 Å². The number of hydrogen-bond acceptors (Lipinski definition) is 6. The average Bonchev–Trinajstić information content (AvgIpc) is 2.78. The van der Waals surface area contributed by atoms with Crippen LogP contribution in [0.1, 0.15) is 12.0 Å². The molecular formula is C10H10N4O3. The minimum absolute atomic E-state index is 0.285. The Hall–Kier alpha value is -2.31. The van der Waals surface area contributed by atoms with Crippen LogP contribution in [0.3, 0.4) is 0 Å². The number of methoxy groups -OCH3 is 1. The smallest absolute Gasteiger partial charge is 0.308 e. The van der Waals surface area contributed by atoms with E-state index in [1.807, 2.05) is 0 Å². The summed E-state index contributed by atoms with van der Waals surface area (Å²) >= 11 is 0. The standard InChI is InChI=1S/C10H10N4O3/c1-17-8-4-2-7(3-5-8)10(6-9(15)16)11-13-14-12-10/h2-5H,6H2,1H3,(H,15,16). The molecule has 1 aliphatic heterocycles. The summed E-state index contributed by atoms with van der Waals surface area (Å²) < 4.78 is 5.02. The van der Waals surface area contributed by atoms with E-state index in [4.69, 9.17) is 9.84 Å². The fraction of sp³-hybridized carbons (Fsp3) is 0.300. The van der Waals surface area contributed by atoms with Crippen molar-refractivity contribution in [3.05, 3.63) is 29.8 Å². The number of hydrogen-bond donors (Lipinski definition) is 1. The van der Waals surface area contributed by atoms with Gasteiger partial charge < -0.3 is 9.84 Å². The van der Waals surface area contributed by atoms with E-state index >= 15 is 0 Å². The van der Waals surface area contributed by atoms with Gasteiger partial charge in [-0.3, -0.25) is 4.79 Å². The number of carbonyl (C=O) groups is 1. The van der Waals surface area contributed by atoms with Crippen LogP contribution < -0.4 is 4.74 Å². The molecule has 88 valence electrons. The van der Waals surface area contributed by atoms with Crippen LogP contribution in [0.15, 0.2) is 44.9 Å². The molecule has 0 bridgehead atoms. The maximum atomic E-state index is 10.8. The molecule has 1 heterocycles. The Morgan fingerprint density at radius 1 is 1.29 bits per heavy atom. The maximum Gasteiger partial charge on any atom is 0.308 e. The highest BCUT2D eigenvalue weighted by atomic mass is 16.5. The monoisotopic (exact) mass is 234 g/mol. The molecule has 7 heteroatoms. The van der Waals surface area contributed by atoms with Crippen molar-refractivity contribution >= 4 is 5.97 Å². The number of rotatable bonds is 4. The predicted molar refractivity (Wildman–Crippen MR) is 56.6 cm³/mol. The summed E-state index contributed by atoms with van der Waals surface area (Å²) in [7, 11) is 1.55. The molecule has 0 saturated heterocycles. The van der Waals surface area contributed by atoms with Gasteiger partial charge in [0.1, 0.15) is 5.75 Å². The molecule has 0 atom stereocenters. The molecule has 7 nitrogen and oxygen atoms in total. The summed E-state index contributed by atoms with van der Waals surface area (Å²) in [6.45, 7) is 0. The summed E-state index contributed by atoms with van der Waals surface area (Å²) in [6, 6.07) is 6.82. The van der Waals surface area contributed by atoms with E-state index in [0.29, 0.717) is 11.3 Å². The second-order valence-corrected chi connectivity index (χ2v) is 3.49. The van der Waals surface area contributed by atoms with Gasteiger partial charge in [-0.05, 0) is 22.6 Å². The number of nitrogens with zero attached hydrogens (tertiary/aromatic N) is 4. The Balaban J connectivity index is 2.36. The van der Waals surface area contributed by atoms with E-state index < -0.39 is 11.6 Å². The molecule has 1 aromatic rings. The van der Waals surface area contributed by atoms with Crippen molar-refractivity contribution in [3.63, 3.8) is 0 Å². The first-order valence-electron chi connectivity index (χ1n) is 4.87. The van der Waals surface area contributed by atoms with Gasteiger partial charge in [0, 0.05) is 5.56 Å². The normalized spacial score (nSPS) is 16.1. The van der Waals surface area contributed by atoms with Crippen LogP contribution in [-0.2, 0) is 10.5 Å². The van der Waals surface area contributed by atoms with Gasteiger partial charge >= 0.3 is 5.97 Å². The van der Waals surface area contributed by atoms with E-state index in [9.17, 15) is 4.79 Å². The first-order valence-corrected chi connectivity index (χ1v) is 4.87. The summed E-state index contributed by atoms with van der Waals surface area (Å²) in [4.78, 5) is 10.8. The van der Waals surface area contributed by atoms with Crippen molar-refractivity contribution in [2.45, 2.75) is 12.1 Å². The van der Waals surface area contributed by atoms with Crippen LogP contribution in [0.5, 0.6) is 5.75 Å². The first-order chi connectivity index (χ1) is 8.16. The highest BCUT2D eigenvalue weighted by molar-refractivity contribution is 5.69. The third-order valence-corrected chi connectivity index (χ3v) is 2.41. The van der Waals surface area contributed by atoms with Gasteiger partial charge in [0.15, 0.2) is 0 Å². The van der Waals surface area contributed by atoms with Gasteiger partial charge in [-0.25, -0.2) is 0 Å². The first kappa shape index (κ1) is 11.2. The van der Waals surface area contributed by atoms with E-state index in [-0.39, 0.29) is 6.42 Å². The molecule has 1 N–H and O–H groups in total. The van der Waals surface area contributed by atoms with Crippen LogP contribution in [0.2, 0.25) is 0 Å². The summed E-state index contributed by atoms with van der Waals surface area (Å²) in [6.07, 6.45) is -0.285. The predicted octanol–water partition coefficient (Wildman–Crippen LogP) is 2.16. The molecule has 0 saturated carbocycles. The Bertz CT molecular complexity index is 469. The Kier molecular flexibility index (Phi) is 2.82. The van der Waals surface area contributed by atoms with Gasteiger partial charge in [-0.15, -0.1) is 10.2 Å². The zero-order valence-electron chi connectivity index (χ0n) is 9.07. The number of carboxylic acid groups (broad SMARTS) is 1. The highest BCUT2D eigenvalue weighted by Crippen LogP contribution is 2.36. The van der Waals surface area contributed by atoms with Gasteiger partial charge in [0.05, 0.1) is 13.5 Å². The van der Waals surface area contributed by atoms with Gasteiger partial charge in [-0.1, -0.05) is 12.1 Å². The quantitative estimate of drug-likeness (QED) is 0.864. The zero-order chi connectivity index (χ0) is 12.3. The van der Waals surface area contributed by atoms with Gasteiger partial charge in [0.2, 0.25) is 5.66 Å². The molecule has 0 spiro atoms. The molecule has 0 radical (unpaired) electrons. The van der Waals surface area contributed by atoms with Gasteiger partial charge in [-0.2, -0.15) is 0 Å². The second-order valence-electron chi connectivity index (χ2n) is 3.49. The minimum Gasteiger partial charge on any atom is -0.497 e. The van der Waals surface area contributed by atoms with Crippen LogP contribution >= 0.6 is 0 Å². The van der Waals surface area contributed by atoms with Crippen molar-refractivity contribution in [2.75, 3.05) is 7.11 Å². The van der Waals surface area contributed by atoms with Crippen molar-refractivity contribution < 1.29 is 14.6 Å². The van der Waals surface area contributed by atoms with Crippen molar-refractivity contribution in [1.29, 1.82) is 0 Å². The molecule has 1 aliphatic rings. The molecule has 0 aliphatic carbocycles. The van der Waals surface area contributed by atoms with Crippen molar-refractivity contribution in [2.24, 2.45) is 20.7 Å².